The largest absolute Gasteiger partial charge is 1.00 e. The van der Waals surface area contributed by atoms with Crippen LogP contribution in [-0.2, 0) is 19.5 Å². The van der Waals surface area contributed by atoms with Gasteiger partial charge in [0, 0.05) is 0 Å². The molecule has 0 unspecified atom stereocenters. The molecule has 1 radical (unpaired) electrons. The molecular weight excluding hydrogens is 217 g/mol. The maximum atomic E-state index is 4.68. The molecule has 0 aromatic heterocycles. The van der Waals surface area contributed by atoms with Gasteiger partial charge in [-0.2, -0.15) is 15.9 Å². The summed E-state index contributed by atoms with van der Waals surface area (Å²) < 4.78 is 0. The standard InChI is InChI=1S/C3H2Br.Ru/c1-2-3-4;/h1,3H;/q-1;+1. The van der Waals surface area contributed by atoms with Gasteiger partial charge in [0.15, 0.2) is 0 Å². The van der Waals surface area contributed by atoms with E-state index in [0.717, 1.165) is 0 Å². The van der Waals surface area contributed by atoms with Crippen molar-refractivity contribution in [3.8, 4) is 0 Å². The summed E-state index contributed by atoms with van der Waals surface area (Å²) in [4.78, 5) is 1.47. The van der Waals surface area contributed by atoms with Crippen molar-refractivity contribution in [3.05, 3.63) is 17.3 Å². The minimum atomic E-state index is 0. The Kier molecular flexibility index (Phi) is 16.2. The van der Waals surface area contributed by atoms with E-state index >= 15 is 0 Å². The Balaban J connectivity index is 0. The quantitative estimate of drug-likeness (QED) is 0.329. The third-order valence-electron chi connectivity index (χ3n) is 0.0630. The second kappa shape index (κ2) is 8.82. The summed E-state index contributed by atoms with van der Waals surface area (Å²) in [7, 11) is 0. The predicted octanol–water partition coefficient (Wildman–Crippen LogP) is 1.48. The third-order valence-corrected chi connectivity index (χ3v) is 0.327. The van der Waals surface area contributed by atoms with Gasteiger partial charge in [-0.1, -0.05) is 0 Å². The van der Waals surface area contributed by atoms with E-state index in [-0.39, 0.29) is 19.5 Å². The van der Waals surface area contributed by atoms with E-state index < -0.39 is 0 Å². The molecule has 0 nitrogen and oxygen atoms in total. The molecule has 0 rings (SSSR count). The molecule has 0 bridgehead atoms. The summed E-state index contributed by atoms with van der Waals surface area (Å²) >= 11 is 2.89. The van der Waals surface area contributed by atoms with E-state index in [4.69, 9.17) is 0 Å². The van der Waals surface area contributed by atoms with Crippen LogP contribution >= 0.6 is 15.9 Å². The summed E-state index contributed by atoms with van der Waals surface area (Å²) in [6.45, 7) is 4.68. The van der Waals surface area contributed by atoms with E-state index in [2.05, 4.69) is 28.2 Å². The zero-order valence-corrected chi connectivity index (χ0v) is 5.71. The Hall–Kier alpha value is 0.623. The Morgan fingerprint density at radius 1 is 1.80 bits per heavy atom. The van der Waals surface area contributed by atoms with Crippen molar-refractivity contribution in [1.82, 2.24) is 0 Å². The monoisotopic (exact) mass is 219 g/mol. The Bertz CT molecular complexity index is 44.9. The average Bonchev–Trinajstić information content (AvgIpc) is 1.37. The van der Waals surface area contributed by atoms with Crippen LogP contribution in [0.3, 0.4) is 0 Å². The van der Waals surface area contributed by atoms with Crippen LogP contribution in [0.4, 0.5) is 0 Å². The van der Waals surface area contributed by atoms with Crippen LogP contribution in [-0.4, -0.2) is 0 Å². The predicted molar refractivity (Wildman–Crippen MR) is 21.3 cm³/mol. The summed E-state index contributed by atoms with van der Waals surface area (Å²) in [5.41, 5.74) is 2.22. The van der Waals surface area contributed by atoms with E-state index in [1.54, 1.807) is 0 Å². The first-order chi connectivity index (χ1) is 1.91. The molecule has 0 spiro atoms. The van der Waals surface area contributed by atoms with Gasteiger partial charge in [0.25, 0.3) is 0 Å². The summed E-state index contributed by atoms with van der Waals surface area (Å²) in [6, 6.07) is 0. The molecule has 0 aliphatic rings. The van der Waals surface area contributed by atoms with Gasteiger partial charge in [0.05, 0.1) is 0 Å². The minimum Gasteiger partial charge on any atom is -0.328 e. The van der Waals surface area contributed by atoms with Crippen LogP contribution in [0.5, 0.6) is 0 Å². The molecule has 2 heteroatoms. The van der Waals surface area contributed by atoms with E-state index in [1.807, 2.05) is 0 Å². The van der Waals surface area contributed by atoms with Gasteiger partial charge in [0.1, 0.15) is 0 Å². The molecule has 0 aliphatic carbocycles. The molecule has 0 atom stereocenters. The van der Waals surface area contributed by atoms with E-state index in [0.29, 0.717) is 0 Å². The van der Waals surface area contributed by atoms with Crippen LogP contribution in [0.25, 0.3) is 0 Å². The van der Waals surface area contributed by atoms with Crippen molar-refractivity contribution in [2.45, 2.75) is 0 Å². The second-order valence-electron chi connectivity index (χ2n) is 0.276. The molecular formula is C3H2BrRu. The zero-order chi connectivity index (χ0) is 3.41. The van der Waals surface area contributed by atoms with Crippen molar-refractivity contribution in [2.24, 2.45) is 0 Å². The zero-order valence-electron chi connectivity index (χ0n) is 2.39. The van der Waals surface area contributed by atoms with Gasteiger partial charge < -0.3 is 5.73 Å². The third kappa shape index (κ3) is 12.1. The van der Waals surface area contributed by atoms with Gasteiger partial charge >= 0.3 is 19.5 Å². The topological polar surface area (TPSA) is 0 Å². The van der Waals surface area contributed by atoms with Gasteiger partial charge in [-0.3, -0.25) is 0 Å². The maximum absolute atomic E-state index is 4.68. The molecule has 29 valence electrons. The first-order valence-corrected chi connectivity index (χ1v) is 1.71. The molecule has 0 amide bonds. The van der Waals surface area contributed by atoms with Crippen molar-refractivity contribution in [2.75, 3.05) is 0 Å². The fourth-order valence-corrected chi connectivity index (χ4v) is 0. The first kappa shape index (κ1) is 9.16. The molecule has 0 heterocycles. The molecule has 0 fully saturated rings. The van der Waals surface area contributed by atoms with E-state index in [1.165, 1.54) is 4.99 Å². The maximum Gasteiger partial charge on any atom is 1.00 e. The molecule has 5 heavy (non-hydrogen) atoms. The Morgan fingerprint density at radius 3 is 2.00 bits per heavy atom. The minimum absolute atomic E-state index is 0. The SMILES string of the molecule is [CH-]=C=CBr.[Ru+]. The van der Waals surface area contributed by atoms with Crippen molar-refractivity contribution in [3.63, 3.8) is 0 Å². The first-order valence-electron chi connectivity index (χ1n) is 0.796. The normalized spacial score (nSPS) is 3.40. The van der Waals surface area contributed by atoms with Gasteiger partial charge in [0.2, 0.25) is 0 Å². The number of rotatable bonds is 0. The van der Waals surface area contributed by atoms with Crippen molar-refractivity contribution < 1.29 is 19.5 Å². The number of hydrogen-bond acceptors (Lipinski definition) is 0. The van der Waals surface area contributed by atoms with Gasteiger partial charge in [-0.25, -0.2) is 6.58 Å². The van der Waals surface area contributed by atoms with Crippen LogP contribution < -0.4 is 0 Å². The van der Waals surface area contributed by atoms with Crippen LogP contribution in [0.1, 0.15) is 0 Å². The molecule has 0 aromatic carbocycles. The molecule has 0 N–H and O–H groups in total. The van der Waals surface area contributed by atoms with Gasteiger partial charge in [-0.05, 0) is 0 Å². The number of hydrogen-bond donors (Lipinski definition) is 0. The second-order valence-corrected chi connectivity index (χ2v) is 0.734. The smallest absolute Gasteiger partial charge is 0.328 e. The summed E-state index contributed by atoms with van der Waals surface area (Å²) in [5, 5.41) is 0. The molecule has 0 aromatic rings. The fraction of sp³-hybridized carbons (Fsp3) is 0. The molecule has 0 aliphatic heterocycles. The van der Waals surface area contributed by atoms with Crippen LogP contribution in [0, 0.1) is 6.58 Å². The fourth-order valence-electron chi connectivity index (χ4n) is 0. The Labute approximate surface area is 52.8 Å². The number of halogens is 1. The summed E-state index contributed by atoms with van der Waals surface area (Å²) in [5.74, 6) is 0. The van der Waals surface area contributed by atoms with Crippen molar-refractivity contribution >= 4 is 15.9 Å². The molecule has 0 saturated heterocycles. The Morgan fingerprint density at radius 2 is 2.00 bits per heavy atom. The van der Waals surface area contributed by atoms with Crippen LogP contribution in [0.2, 0.25) is 0 Å². The summed E-state index contributed by atoms with van der Waals surface area (Å²) in [6.07, 6.45) is 0. The van der Waals surface area contributed by atoms with E-state index in [9.17, 15) is 0 Å². The van der Waals surface area contributed by atoms with Crippen LogP contribution in [0.15, 0.2) is 10.7 Å². The molecule has 0 saturated carbocycles. The average molecular weight is 219 g/mol. The van der Waals surface area contributed by atoms with Crippen molar-refractivity contribution in [1.29, 1.82) is 0 Å². The van der Waals surface area contributed by atoms with Gasteiger partial charge in [-0.15, -0.1) is 4.99 Å².